The van der Waals surface area contributed by atoms with Crippen molar-refractivity contribution in [3.05, 3.63) is 30.1 Å². The van der Waals surface area contributed by atoms with E-state index in [0.29, 0.717) is 25.3 Å². The predicted octanol–water partition coefficient (Wildman–Crippen LogP) is 0.588. The quantitative estimate of drug-likeness (QED) is 0.736. The van der Waals surface area contributed by atoms with Gasteiger partial charge in [-0.1, -0.05) is 6.07 Å². The summed E-state index contributed by atoms with van der Waals surface area (Å²) >= 11 is 0. The molecule has 6 nitrogen and oxygen atoms in total. The fraction of sp³-hybridized carbons (Fsp3) is 0.588. The van der Waals surface area contributed by atoms with E-state index in [1.165, 1.54) is 0 Å². The van der Waals surface area contributed by atoms with Crippen LogP contribution in [0.2, 0.25) is 0 Å². The number of pyridine rings is 1. The highest BCUT2D eigenvalue weighted by Crippen LogP contribution is 2.13. The van der Waals surface area contributed by atoms with Gasteiger partial charge in [0, 0.05) is 38.3 Å². The predicted molar refractivity (Wildman–Crippen MR) is 88.8 cm³/mol. The Bertz CT molecular complexity index is 501. The van der Waals surface area contributed by atoms with Crippen LogP contribution in [0.3, 0.4) is 0 Å². The number of carbonyl (C=O) groups excluding carboxylic acids is 2. The van der Waals surface area contributed by atoms with E-state index in [1.54, 1.807) is 18.1 Å². The summed E-state index contributed by atoms with van der Waals surface area (Å²) in [4.78, 5) is 29.7. The van der Waals surface area contributed by atoms with Gasteiger partial charge in [-0.05, 0) is 44.0 Å². The van der Waals surface area contributed by atoms with Crippen molar-refractivity contribution < 1.29 is 9.59 Å². The Morgan fingerprint density at radius 3 is 3.00 bits per heavy atom. The second-order valence-corrected chi connectivity index (χ2v) is 6.06. The van der Waals surface area contributed by atoms with E-state index in [9.17, 15) is 9.59 Å². The summed E-state index contributed by atoms with van der Waals surface area (Å²) in [5.41, 5.74) is 0.960. The topological polar surface area (TPSA) is 74.3 Å². The van der Waals surface area contributed by atoms with Gasteiger partial charge in [-0.25, -0.2) is 0 Å². The Hall–Kier alpha value is -1.95. The molecule has 1 atom stereocenters. The summed E-state index contributed by atoms with van der Waals surface area (Å²) in [5.74, 6) is 0.484. The Labute approximate surface area is 137 Å². The molecule has 2 amide bonds. The van der Waals surface area contributed by atoms with Gasteiger partial charge in [0.2, 0.25) is 11.8 Å². The largest absolute Gasteiger partial charge is 0.347 e. The van der Waals surface area contributed by atoms with Crippen LogP contribution in [0.15, 0.2) is 24.4 Å². The molecule has 0 saturated carbocycles. The average Bonchev–Trinajstić information content (AvgIpc) is 3.10. The van der Waals surface area contributed by atoms with Crippen LogP contribution in [-0.2, 0) is 16.0 Å². The molecule has 2 rings (SSSR count). The lowest BCUT2D eigenvalue weighted by atomic mass is 10.0. The van der Waals surface area contributed by atoms with Gasteiger partial charge in [-0.2, -0.15) is 0 Å². The van der Waals surface area contributed by atoms with Gasteiger partial charge >= 0.3 is 0 Å². The van der Waals surface area contributed by atoms with Gasteiger partial charge in [0.15, 0.2) is 0 Å². The molecule has 0 bridgehead atoms. The number of aromatic nitrogens is 1. The zero-order valence-corrected chi connectivity index (χ0v) is 13.8. The summed E-state index contributed by atoms with van der Waals surface area (Å²) in [6.45, 7) is 2.72. The number of likely N-dealkylation sites (N-methyl/N-ethyl adjacent to an activating group) is 1. The first kappa shape index (κ1) is 17.4. The molecule has 1 fully saturated rings. The fourth-order valence-corrected chi connectivity index (χ4v) is 2.65. The highest BCUT2D eigenvalue weighted by atomic mass is 16.2. The summed E-state index contributed by atoms with van der Waals surface area (Å²) in [5, 5.41) is 6.01. The molecule has 6 heteroatoms. The molecule has 1 aromatic rings. The van der Waals surface area contributed by atoms with E-state index in [4.69, 9.17) is 0 Å². The first-order valence-electron chi connectivity index (χ1n) is 8.26. The SMILES string of the molecule is CN(CCc1ccccn1)C(=O)CNC(=O)CCC1CCNC1. The number of nitrogens with one attached hydrogen (secondary N) is 2. The molecule has 1 saturated heterocycles. The maximum atomic E-state index is 12.0. The van der Waals surface area contributed by atoms with Crippen LogP contribution in [0, 0.1) is 5.92 Å². The van der Waals surface area contributed by atoms with Crippen LogP contribution in [-0.4, -0.2) is 54.9 Å². The third-order valence-corrected chi connectivity index (χ3v) is 4.23. The molecule has 1 aliphatic heterocycles. The van der Waals surface area contributed by atoms with Crippen LogP contribution < -0.4 is 10.6 Å². The van der Waals surface area contributed by atoms with Crippen LogP contribution in [0.4, 0.5) is 0 Å². The minimum atomic E-state index is -0.0724. The van der Waals surface area contributed by atoms with E-state index in [0.717, 1.165) is 31.6 Å². The number of hydrogen-bond donors (Lipinski definition) is 2. The van der Waals surface area contributed by atoms with Gasteiger partial charge in [0.25, 0.3) is 0 Å². The van der Waals surface area contributed by atoms with Crippen molar-refractivity contribution in [3.63, 3.8) is 0 Å². The van der Waals surface area contributed by atoms with E-state index in [-0.39, 0.29) is 18.4 Å². The maximum Gasteiger partial charge on any atom is 0.241 e. The van der Waals surface area contributed by atoms with Crippen molar-refractivity contribution in [2.45, 2.75) is 25.7 Å². The highest BCUT2D eigenvalue weighted by Gasteiger charge is 2.16. The van der Waals surface area contributed by atoms with Crippen molar-refractivity contribution in [1.82, 2.24) is 20.5 Å². The van der Waals surface area contributed by atoms with Crippen molar-refractivity contribution in [3.8, 4) is 0 Å². The lowest BCUT2D eigenvalue weighted by Gasteiger charge is -2.17. The van der Waals surface area contributed by atoms with Crippen molar-refractivity contribution >= 4 is 11.8 Å². The third kappa shape index (κ3) is 6.36. The van der Waals surface area contributed by atoms with E-state index < -0.39 is 0 Å². The number of rotatable bonds is 8. The maximum absolute atomic E-state index is 12.0. The summed E-state index contributed by atoms with van der Waals surface area (Å²) in [7, 11) is 1.75. The van der Waals surface area contributed by atoms with E-state index in [2.05, 4.69) is 15.6 Å². The van der Waals surface area contributed by atoms with Gasteiger partial charge < -0.3 is 15.5 Å². The Kier molecular flexibility index (Phi) is 7.00. The molecule has 0 radical (unpaired) electrons. The van der Waals surface area contributed by atoms with Gasteiger partial charge in [0.1, 0.15) is 0 Å². The monoisotopic (exact) mass is 318 g/mol. The second kappa shape index (κ2) is 9.25. The highest BCUT2D eigenvalue weighted by molar-refractivity contribution is 5.84. The van der Waals surface area contributed by atoms with Gasteiger partial charge in [-0.15, -0.1) is 0 Å². The van der Waals surface area contributed by atoms with Crippen molar-refractivity contribution in [2.24, 2.45) is 5.92 Å². The van der Waals surface area contributed by atoms with Gasteiger partial charge in [0.05, 0.1) is 6.54 Å². The first-order chi connectivity index (χ1) is 11.1. The molecule has 1 unspecified atom stereocenters. The minimum Gasteiger partial charge on any atom is -0.347 e. The Balaban J connectivity index is 1.60. The normalized spacial score (nSPS) is 17.0. The molecule has 0 spiro atoms. The zero-order valence-electron chi connectivity index (χ0n) is 13.8. The molecule has 1 aliphatic rings. The molecule has 1 aromatic heterocycles. The molecular formula is C17H26N4O2. The van der Waals surface area contributed by atoms with Crippen LogP contribution in [0.25, 0.3) is 0 Å². The lowest BCUT2D eigenvalue weighted by Crippen LogP contribution is -2.39. The summed E-state index contributed by atoms with van der Waals surface area (Å²) in [6, 6.07) is 5.75. The minimum absolute atomic E-state index is 0.0385. The Morgan fingerprint density at radius 2 is 2.30 bits per heavy atom. The molecule has 126 valence electrons. The lowest BCUT2D eigenvalue weighted by molar-refractivity contribution is -0.131. The average molecular weight is 318 g/mol. The second-order valence-electron chi connectivity index (χ2n) is 6.06. The summed E-state index contributed by atoms with van der Waals surface area (Å²) < 4.78 is 0. The Morgan fingerprint density at radius 1 is 1.43 bits per heavy atom. The van der Waals surface area contributed by atoms with Crippen molar-refractivity contribution in [2.75, 3.05) is 33.2 Å². The summed E-state index contributed by atoms with van der Waals surface area (Å²) in [6.07, 6.45) is 4.99. The molecule has 0 aliphatic carbocycles. The number of amides is 2. The van der Waals surface area contributed by atoms with Crippen LogP contribution in [0.1, 0.15) is 25.0 Å². The smallest absolute Gasteiger partial charge is 0.241 e. The number of carbonyl (C=O) groups is 2. The number of nitrogens with zero attached hydrogens (tertiary/aromatic N) is 2. The van der Waals surface area contributed by atoms with E-state index >= 15 is 0 Å². The van der Waals surface area contributed by atoms with Crippen molar-refractivity contribution in [1.29, 1.82) is 0 Å². The zero-order chi connectivity index (χ0) is 16.5. The molecule has 2 heterocycles. The van der Waals surface area contributed by atoms with Crippen LogP contribution >= 0.6 is 0 Å². The molecular weight excluding hydrogens is 292 g/mol. The van der Waals surface area contributed by atoms with E-state index in [1.807, 2.05) is 18.2 Å². The molecule has 0 aromatic carbocycles. The van der Waals surface area contributed by atoms with Crippen LogP contribution in [0.5, 0.6) is 0 Å². The third-order valence-electron chi connectivity index (χ3n) is 4.23. The fourth-order valence-electron chi connectivity index (χ4n) is 2.65. The molecule has 2 N–H and O–H groups in total. The standard InChI is InChI=1S/C17H26N4O2/c1-21(11-8-15-4-2-3-9-19-15)17(23)13-20-16(22)6-5-14-7-10-18-12-14/h2-4,9,14,18H,5-8,10-13H2,1H3,(H,20,22). The first-order valence-corrected chi connectivity index (χ1v) is 8.26. The van der Waals surface area contributed by atoms with Gasteiger partial charge in [-0.3, -0.25) is 14.6 Å². The molecule has 23 heavy (non-hydrogen) atoms. The number of hydrogen-bond acceptors (Lipinski definition) is 4.